The lowest BCUT2D eigenvalue weighted by Crippen LogP contribution is -2.23. The fourth-order valence-electron chi connectivity index (χ4n) is 1.73. The number of benzene rings is 1. The predicted octanol–water partition coefficient (Wildman–Crippen LogP) is 2.88. The average molecular weight is 238 g/mol. The zero-order valence-electron chi connectivity index (χ0n) is 10.4. The lowest BCUT2D eigenvalue weighted by atomic mass is 9.85. The zero-order valence-corrected chi connectivity index (χ0v) is 10.4. The molecular weight excluding hydrogens is 219 g/mol. The molecule has 1 fully saturated rings. The fraction of sp³-hybridized carbons (Fsp3) is 0.571. The molecule has 0 radical (unpaired) electrons. The lowest BCUT2D eigenvalue weighted by molar-refractivity contribution is 0.210. The maximum atomic E-state index is 13.3. The van der Waals surface area contributed by atoms with Crippen molar-refractivity contribution in [3.63, 3.8) is 0 Å². The molecule has 0 unspecified atom stereocenters. The van der Waals surface area contributed by atoms with Gasteiger partial charge in [0.15, 0.2) is 0 Å². The fourth-order valence-corrected chi connectivity index (χ4v) is 1.73. The summed E-state index contributed by atoms with van der Waals surface area (Å²) in [5, 5.41) is 9.37. The third kappa shape index (κ3) is 2.97. The first-order chi connectivity index (χ1) is 8.03. The van der Waals surface area contributed by atoms with Crippen LogP contribution in [0.5, 0.6) is 5.75 Å². The molecule has 1 aromatic rings. The molecule has 2 nitrogen and oxygen atoms in total. The van der Waals surface area contributed by atoms with Crippen LogP contribution in [0.2, 0.25) is 0 Å². The molecule has 0 aliphatic heterocycles. The van der Waals surface area contributed by atoms with Crippen molar-refractivity contribution in [3.05, 3.63) is 29.6 Å². The van der Waals surface area contributed by atoms with Crippen LogP contribution in [-0.2, 0) is 5.41 Å². The Kier molecular flexibility index (Phi) is 3.38. The van der Waals surface area contributed by atoms with Gasteiger partial charge in [0, 0.05) is 11.0 Å². The molecule has 1 aliphatic carbocycles. The van der Waals surface area contributed by atoms with Crippen LogP contribution in [0.3, 0.4) is 0 Å². The molecule has 1 N–H and O–H groups in total. The maximum Gasteiger partial charge on any atom is 0.123 e. The van der Waals surface area contributed by atoms with Crippen LogP contribution in [0.15, 0.2) is 18.2 Å². The minimum absolute atomic E-state index is 0.0315. The number of aliphatic hydroxyl groups is 1. The Labute approximate surface area is 101 Å². The first-order valence-electron chi connectivity index (χ1n) is 6.06. The molecule has 0 saturated heterocycles. The van der Waals surface area contributed by atoms with Crippen molar-refractivity contribution in [2.45, 2.75) is 32.1 Å². The summed E-state index contributed by atoms with van der Waals surface area (Å²) in [6.07, 6.45) is 2.44. The van der Waals surface area contributed by atoms with E-state index >= 15 is 0 Å². The molecule has 0 amide bonds. The highest BCUT2D eigenvalue weighted by Crippen LogP contribution is 2.34. The van der Waals surface area contributed by atoms with Crippen LogP contribution in [-0.4, -0.2) is 18.3 Å². The summed E-state index contributed by atoms with van der Waals surface area (Å²) in [6.45, 7) is 4.42. The van der Waals surface area contributed by atoms with E-state index in [1.807, 2.05) is 13.8 Å². The van der Waals surface area contributed by atoms with E-state index in [2.05, 4.69) is 0 Å². The van der Waals surface area contributed by atoms with Crippen LogP contribution in [0.1, 0.15) is 32.3 Å². The number of hydrogen-bond donors (Lipinski definition) is 1. The van der Waals surface area contributed by atoms with Crippen LogP contribution in [0.4, 0.5) is 4.39 Å². The number of halogens is 1. The van der Waals surface area contributed by atoms with Gasteiger partial charge in [0.25, 0.3) is 0 Å². The van der Waals surface area contributed by atoms with E-state index < -0.39 is 5.41 Å². The van der Waals surface area contributed by atoms with Crippen molar-refractivity contribution in [2.75, 3.05) is 13.2 Å². The second-order valence-electron chi connectivity index (χ2n) is 5.44. The third-order valence-electron chi connectivity index (χ3n) is 3.24. The van der Waals surface area contributed by atoms with E-state index in [9.17, 15) is 9.50 Å². The monoisotopic (exact) mass is 238 g/mol. The summed E-state index contributed by atoms with van der Waals surface area (Å²) in [5.41, 5.74) is 0.252. The Balaban J connectivity index is 2.22. The molecule has 0 bridgehead atoms. The van der Waals surface area contributed by atoms with Crippen LogP contribution < -0.4 is 4.74 Å². The number of ether oxygens (including phenoxy) is 1. The minimum atomic E-state index is -0.485. The van der Waals surface area contributed by atoms with Gasteiger partial charge in [-0.3, -0.25) is 0 Å². The number of rotatable bonds is 5. The highest BCUT2D eigenvalue weighted by atomic mass is 19.1. The van der Waals surface area contributed by atoms with Gasteiger partial charge in [-0.1, -0.05) is 13.8 Å². The molecule has 0 heterocycles. The molecule has 3 heteroatoms. The molecular formula is C14H19FO2. The molecule has 1 aromatic carbocycles. The molecule has 2 rings (SSSR count). The summed E-state index contributed by atoms with van der Waals surface area (Å²) < 4.78 is 19.0. The van der Waals surface area contributed by atoms with Gasteiger partial charge in [0.05, 0.1) is 13.2 Å². The second kappa shape index (κ2) is 4.65. The van der Waals surface area contributed by atoms with Gasteiger partial charge in [0.1, 0.15) is 11.6 Å². The van der Waals surface area contributed by atoms with Gasteiger partial charge in [-0.05, 0) is 37.0 Å². The molecule has 0 aromatic heterocycles. The summed E-state index contributed by atoms with van der Waals surface area (Å²) in [7, 11) is 0. The third-order valence-corrected chi connectivity index (χ3v) is 3.24. The summed E-state index contributed by atoms with van der Waals surface area (Å²) in [4.78, 5) is 0. The van der Waals surface area contributed by atoms with Gasteiger partial charge < -0.3 is 9.84 Å². The van der Waals surface area contributed by atoms with Crippen molar-refractivity contribution >= 4 is 0 Å². The SMILES string of the molecule is CC(C)(CO)c1cc(F)ccc1OCC1CC1. The smallest absolute Gasteiger partial charge is 0.123 e. The largest absolute Gasteiger partial charge is 0.493 e. The van der Waals surface area contributed by atoms with E-state index in [1.54, 1.807) is 6.07 Å². The summed E-state index contributed by atoms with van der Waals surface area (Å²) >= 11 is 0. The highest BCUT2D eigenvalue weighted by Gasteiger charge is 2.26. The highest BCUT2D eigenvalue weighted by molar-refractivity contribution is 5.39. The van der Waals surface area contributed by atoms with E-state index in [0.29, 0.717) is 18.3 Å². The lowest BCUT2D eigenvalue weighted by Gasteiger charge is -2.25. The predicted molar refractivity (Wildman–Crippen MR) is 64.7 cm³/mol. The Morgan fingerprint density at radius 1 is 1.41 bits per heavy atom. The van der Waals surface area contributed by atoms with Gasteiger partial charge in [-0.2, -0.15) is 0 Å². The Bertz CT molecular complexity index is 397. The topological polar surface area (TPSA) is 29.5 Å². The average Bonchev–Trinajstić information content (AvgIpc) is 3.11. The van der Waals surface area contributed by atoms with Gasteiger partial charge in [-0.15, -0.1) is 0 Å². The Hall–Kier alpha value is -1.09. The normalized spacial score (nSPS) is 16.0. The molecule has 1 aliphatic rings. The number of hydrogen-bond acceptors (Lipinski definition) is 2. The van der Waals surface area contributed by atoms with Crippen LogP contribution in [0, 0.1) is 11.7 Å². The summed E-state index contributed by atoms with van der Waals surface area (Å²) in [6, 6.07) is 4.52. The van der Waals surface area contributed by atoms with Crippen LogP contribution in [0.25, 0.3) is 0 Å². The van der Waals surface area contributed by atoms with Gasteiger partial charge in [0.2, 0.25) is 0 Å². The molecule has 94 valence electrons. The quantitative estimate of drug-likeness (QED) is 0.854. The van der Waals surface area contributed by atoms with Crippen molar-refractivity contribution < 1.29 is 14.2 Å². The first kappa shape index (κ1) is 12.4. The molecule has 0 atom stereocenters. The van der Waals surface area contributed by atoms with Crippen molar-refractivity contribution in [2.24, 2.45) is 5.92 Å². The van der Waals surface area contributed by atoms with E-state index in [4.69, 9.17) is 4.74 Å². The Morgan fingerprint density at radius 3 is 2.71 bits per heavy atom. The van der Waals surface area contributed by atoms with E-state index in [0.717, 1.165) is 5.56 Å². The van der Waals surface area contributed by atoms with Crippen LogP contribution >= 0.6 is 0 Å². The second-order valence-corrected chi connectivity index (χ2v) is 5.44. The zero-order chi connectivity index (χ0) is 12.5. The summed E-state index contributed by atoms with van der Waals surface area (Å²) in [5.74, 6) is 1.06. The van der Waals surface area contributed by atoms with Crippen molar-refractivity contribution in [3.8, 4) is 5.75 Å². The van der Waals surface area contributed by atoms with Crippen molar-refractivity contribution in [1.29, 1.82) is 0 Å². The van der Waals surface area contributed by atoms with Gasteiger partial charge >= 0.3 is 0 Å². The number of aliphatic hydroxyl groups excluding tert-OH is 1. The molecule has 1 saturated carbocycles. The standard InChI is InChI=1S/C14H19FO2/c1-14(2,9-16)12-7-11(15)5-6-13(12)17-8-10-3-4-10/h5-7,10,16H,3-4,8-9H2,1-2H3. The molecule has 17 heavy (non-hydrogen) atoms. The maximum absolute atomic E-state index is 13.3. The molecule has 0 spiro atoms. The first-order valence-corrected chi connectivity index (χ1v) is 6.06. The van der Waals surface area contributed by atoms with Gasteiger partial charge in [-0.25, -0.2) is 4.39 Å². The van der Waals surface area contributed by atoms with Crippen molar-refractivity contribution in [1.82, 2.24) is 0 Å². The van der Waals surface area contributed by atoms with E-state index in [1.165, 1.54) is 25.0 Å². The minimum Gasteiger partial charge on any atom is -0.493 e. The Morgan fingerprint density at radius 2 is 2.12 bits per heavy atom. The van der Waals surface area contributed by atoms with E-state index in [-0.39, 0.29) is 12.4 Å².